The number of hydrogen-bond acceptors (Lipinski definition) is 6. The van der Waals surface area contributed by atoms with Crippen molar-refractivity contribution in [1.29, 1.82) is 0 Å². The van der Waals surface area contributed by atoms with Gasteiger partial charge in [0.1, 0.15) is 11.9 Å². The fourth-order valence-electron chi connectivity index (χ4n) is 3.86. The van der Waals surface area contributed by atoms with Crippen molar-refractivity contribution < 1.29 is 23.5 Å². The molecule has 2 saturated heterocycles. The molecule has 0 N–H and O–H groups in total. The van der Waals surface area contributed by atoms with Crippen LogP contribution in [0.15, 0.2) is 36.5 Å². The van der Waals surface area contributed by atoms with E-state index in [-0.39, 0.29) is 42.1 Å². The molecule has 0 radical (unpaired) electrons. The van der Waals surface area contributed by atoms with Crippen LogP contribution in [0.5, 0.6) is 11.9 Å². The Morgan fingerprint density at radius 3 is 2.60 bits per heavy atom. The highest BCUT2D eigenvalue weighted by Gasteiger charge is 2.38. The van der Waals surface area contributed by atoms with E-state index in [0.29, 0.717) is 44.0 Å². The van der Waals surface area contributed by atoms with Crippen molar-refractivity contribution in [3.8, 4) is 11.9 Å². The molecule has 2 fully saturated rings. The average Bonchev–Trinajstić information content (AvgIpc) is 3.16. The highest BCUT2D eigenvalue weighted by molar-refractivity contribution is 6.00. The summed E-state index contributed by atoms with van der Waals surface area (Å²) in [5.41, 5.74) is 0.615. The highest BCUT2D eigenvalue weighted by atomic mass is 19.1. The van der Waals surface area contributed by atoms with Crippen LogP contribution in [0.3, 0.4) is 0 Å². The van der Waals surface area contributed by atoms with Crippen LogP contribution in [-0.4, -0.2) is 59.5 Å². The first kappa shape index (κ1) is 20.1. The molecule has 0 saturated carbocycles. The van der Waals surface area contributed by atoms with Crippen LogP contribution in [0.1, 0.15) is 19.3 Å². The second kappa shape index (κ2) is 8.64. The third kappa shape index (κ3) is 4.34. The first-order valence-electron chi connectivity index (χ1n) is 9.92. The quantitative estimate of drug-likeness (QED) is 0.745. The lowest BCUT2D eigenvalue weighted by Crippen LogP contribution is -2.45. The number of hydrogen-bond donors (Lipinski definition) is 0. The number of halogens is 1. The number of likely N-dealkylation sites (tertiary alicyclic amines) is 1. The van der Waals surface area contributed by atoms with Gasteiger partial charge < -0.3 is 19.3 Å². The molecule has 9 heteroatoms. The van der Waals surface area contributed by atoms with Crippen LogP contribution >= 0.6 is 0 Å². The maximum atomic E-state index is 13.1. The minimum absolute atomic E-state index is 0.0184. The number of rotatable bonds is 5. The molecule has 2 aromatic rings. The molecule has 1 unspecified atom stereocenters. The van der Waals surface area contributed by atoms with Crippen molar-refractivity contribution >= 4 is 17.5 Å². The number of amides is 2. The summed E-state index contributed by atoms with van der Waals surface area (Å²) in [6.45, 7) is 1.44. The monoisotopic (exact) mass is 414 g/mol. The van der Waals surface area contributed by atoms with E-state index < -0.39 is 0 Å². The fourth-order valence-corrected chi connectivity index (χ4v) is 3.86. The van der Waals surface area contributed by atoms with Gasteiger partial charge in [0.25, 0.3) is 0 Å². The van der Waals surface area contributed by atoms with Crippen molar-refractivity contribution in [2.75, 3.05) is 31.6 Å². The molecule has 2 amide bonds. The third-order valence-electron chi connectivity index (χ3n) is 5.44. The zero-order chi connectivity index (χ0) is 21.1. The molecule has 0 bridgehead atoms. The summed E-state index contributed by atoms with van der Waals surface area (Å²) in [5, 5.41) is 0. The van der Waals surface area contributed by atoms with Gasteiger partial charge in [0.2, 0.25) is 17.7 Å². The van der Waals surface area contributed by atoms with E-state index >= 15 is 0 Å². The topological polar surface area (TPSA) is 84.9 Å². The highest BCUT2D eigenvalue weighted by Crippen LogP contribution is 2.28. The van der Waals surface area contributed by atoms with Gasteiger partial charge in [-0.25, -0.2) is 9.37 Å². The zero-order valence-corrected chi connectivity index (χ0v) is 16.7. The van der Waals surface area contributed by atoms with Gasteiger partial charge in [-0.05, 0) is 24.3 Å². The Kier molecular flexibility index (Phi) is 5.78. The van der Waals surface area contributed by atoms with Crippen LogP contribution in [0.4, 0.5) is 10.1 Å². The van der Waals surface area contributed by atoms with Gasteiger partial charge in [0, 0.05) is 56.8 Å². The van der Waals surface area contributed by atoms with Crippen molar-refractivity contribution in [3.63, 3.8) is 0 Å². The molecule has 2 aliphatic rings. The van der Waals surface area contributed by atoms with Crippen molar-refractivity contribution in [2.45, 2.75) is 25.4 Å². The SMILES string of the molecule is COc1nccc(OC2CCN(C(=O)C3CC(=O)N(c4ccc(F)cc4)C3)CC2)n1. The summed E-state index contributed by atoms with van der Waals surface area (Å²) in [5.74, 6) is -0.427. The van der Waals surface area contributed by atoms with Crippen molar-refractivity contribution in [3.05, 3.63) is 42.3 Å². The summed E-state index contributed by atoms with van der Waals surface area (Å²) < 4.78 is 24.0. The summed E-state index contributed by atoms with van der Waals surface area (Å²) in [4.78, 5) is 36.8. The molecule has 1 aromatic carbocycles. The second-order valence-electron chi connectivity index (χ2n) is 7.41. The Balaban J connectivity index is 1.31. The van der Waals surface area contributed by atoms with Gasteiger partial charge >= 0.3 is 6.01 Å². The molecule has 30 heavy (non-hydrogen) atoms. The number of ether oxygens (including phenoxy) is 2. The lowest BCUT2D eigenvalue weighted by molar-refractivity contribution is -0.137. The molecule has 2 aliphatic heterocycles. The molecular weight excluding hydrogens is 391 g/mol. The summed E-state index contributed by atoms with van der Waals surface area (Å²) in [6, 6.07) is 7.67. The molecule has 4 rings (SSSR count). The second-order valence-corrected chi connectivity index (χ2v) is 7.41. The maximum Gasteiger partial charge on any atom is 0.319 e. The van der Waals surface area contributed by atoms with Crippen molar-refractivity contribution in [1.82, 2.24) is 14.9 Å². The van der Waals surface area contributed by atoms with Gasteiger partial charge in [-0.3, -0.25) is 9.59 Å². The molecule has 158 valence electrons. The molecule has 1 atom stereocenters. The summed E-state index contributed by atoms with van der Waals surface area (Å²) in [7, 11) is 1.49. The Bertz CT molecular complexity index is 915. The average molecular weight is 414 g/mol. The van der Waals surface area contributed by atoms with E-state index in [9.17, 15) is 14.0 Å². The van der Waals surface area contributed by atoms with Gasteiger partial charge in [0.05, 0.1) is 13.0 Å². The van der Waals surface area contributed by atoms with Gasteiger partial charge in [-0.15, -0.1) is 0 Å². The lowest BCUT2D eigenvalue weighted by Gasteiger charge is -2.33. The van der Waals surface area contributed by atoms with E-state index in [2.05, 4.69) is 9.97 Å². The Morgan fingerprint density at radius 2 is 1.90 bits per heavy atom. The first-order valence-corrected chi connectivity index (χ1v) is 9.92. The summed E-state index contributed by atoms with van der Waals surface area (Å²) >= 11 is 0. The minimum Gasteiger partial charge on any atom is -0.474 e. The number of nitrogens with zero attached hydrogens (tertiary/aromatic N) is 4. The molecule has 1 aromatic heterocycles. The molecule has 0 aliphatic carbocycles. The van der Waals surface area contributed by atoms with Gasteiger partial charge in [-0.1, -0.05) is 0 Å². The van der Waals surface area contributed by atoms with Crippen LogP contribution in [0.2, 0.25) is 0 Å². The predicted molar refractivity (Wildman–Crippen MR) is 106 cm³/mol. The molecule has 3 heterocycles. The Morgan fingerprint density at radius 1 is 1.17 bits per heavy atom. The molecule has 8 nitrogen and oxygen atoms in total. The smallest absolute Gasteiger partial charge is 0.319 e. The fraction of sp³-hybridized carbons (Fsp3) is 0.429. The zero-order valence-electron chi connectivity index (χ0n) is 16.7. The van der Waals surface area contributed by atoms with E-state index in [4.69, 9.17) is 9.47 Å². The van der Waals surface area contributed by atoms with E-state index in [1.165, 1.54) is 19.2 Å². The summed E-state index contributed by atoms with van der Waals surface area (Å²) in [6.07, 6.45) is 3.06. The van der Waals surface area contributed by atoms with E-state index in [1.54, 1.807) is 34.2 Å². The number of benzene rings is 1. The minimum atomic E-state index is -0.383. The van der Waals surface area contributed by atoms with Crippen LogP contribution < -0.4 is 14.4 Å². The Labute approximate surface area is 173 Å². The molecular formula is C21H23FN4O4. The van der Waals surface area contributed by atoms with Crippen molar-refractivity contribution in [2.24, 2.45) is 5.92 Å². The first-order chi connectivity index (χ1) is 14.5. The van der Waals surface area contributed by atoms with Crippen LogP contribution in [-0.2, 0) is 9.59 Å². The number of aromatic nitrogens is 2. The Hall–Kier alpha value is -3.23. The number of anilines is 1. The molecule has 0 spiro atoms. The number of carbonyl (C=O) groups excluding carboxylic acids is 2. The number of carbonyl (C=O) groups is 2. The van der Waals surface area contributed by atoms with Gasteiger partial charge in [-0.2, -0.15) is 4.98 Å². The normalized spacial score (nSPS) is 19.8. The van der Waals surface area contributed by atoms with E-state index in [1.807, 2.05) is 0 Å². The standard InChI is InChI=1S/C21H23FN4O4/c1-29-21-23-9-6-18(24-21)30-17-7-10-25(11-8-17)20(28)14-12-19(27)26(13-14)16-4-2-15(22)3-5-16/h2-6,9,14,17H,7-8,10-13H2,1H3. The third-order valence-corrected chi connectivity index (χ3v) is 5.44. The van der Waals surface area contributed by atoms with Gasteiger partial charge in [0.15, 0.2) is 0 Å². The predicted octanol–water partition coefficient (Wildman–Crippen LogP) is 2.05. The maximum absolute atomic E-state index is 13.1. The largest absolute Gasteiger partial charge is 0.474 e. The van der Waals surface area contributed by atoms with E-state index in [0.717, 1.165) is 0 Å². The van der Waals surface area contributed by atoms with Crippen LogP contribution in [0.25, 0.3) is 0 Å². The van der Waals surface area contributed by atoms with Crippen LogP contribution in [0, 0.1) is 11.7 Å². The lowest BCUT2D eigenvalue weighted by atomic mass is 10.0. The number of piperidine rings is 1. The number of methoxy groups -OCH3 is 1.